The number of Topliss-reactive ketones (excluding diaryl/α,β-unsaturated/α-hetero) is 1. The van der Waals surface area contributed by atoms with Crippen LogP contribution in [0.3, 0.4) is 0 Å². The molecule has 0 aliphatic carbocycles. The molecule has 5 nitrogen and oxygen atoms in total. The standard InChI is InChI=1S/C11H13FINO.C6H5FIN.C5H8O2/c12-8-5-9(13)7-11(6-8)14-10-1-3-15-4-2-10;7-4-1-5(8)3-6(9)2-4;6-5-1-3-7-4-2-5/h5-7,10,14H,1-4H2;1-3H,9H2;1-4H2. The Balaban J connectivity index is 0.000000181. The number of nitrogens with two attached hydrogens (primary N) is 1. The van der Waals surface area contributed by atoms with Gasteiger partial charge in [0, 0.05) is 50.6 Å². The average Bonchev–Trinajstić information content (AvgIpc) is 2.68. The number of ether oxygens (including phenoxy) is 2. The Labute approximate surface area is 208 Å². The lowest BCUT2D eigenvalue weighted by Gasteiger charge is -2.24. The molecule has 3 N–H and O–H groups in total. The summed E-state index contributed by atoms with van der Waals surface area (Å²) >= 11 is 4.13. The normalized spacial score (nSPS) is 16.5. The van der Waals surface area contributed by atoms with Crippen molar-refractivity contribution in [2.45, 2.75) is 31.7 Å². The molecule has 0 radical (unpaired) electrons. The van der Waals surface area contributed by atoms with E-state index in [2.05, 4.69) is 27.9 Å². The van der Waals surface area contributed by atoms with E-state index in [1.54, 1.807) is 6.07 Å². The molecule has 2 aromatic carbocycles. The quantitative estimate of drug-likeness (QED) is 0.334. The number of anilines is 2. The first-order valence-corrected chi connectivity index (χ1v) is 12.1. The summed E-state index contributed by atoms with van der Waals surface area (Å²) < 4.78 is 37.4. The topological polar surface area (TPSA) is 73.6 Å². The Hall–Kier alpha value is -1.05. The molecule has 0 amide bonds. The van der Waals surface area contributed by atoms with Gasteiger partial charge in [0.1, 0.15) is 17.4 Å². The number of ketones is 1. The van der Waals surface area contributed by atoms with Gasteiger partial charge in [0.2, 0.25) is 0 Å². The highest BCUT2D eigenvalue weighted by atomic mass is 127. The first-order valence-electron chi connectivity index (χ1n) is 9.93. The van der Waals surface area contributed by atoms with E-state index in [1.165, 1.54) is 24.3 Å². The molecule has 2 heterocycles. The van der Waals surface area contributed by atoms with Crippen LogP contribution in [0.15, 0.2) is 36.4 Å². The molecule has 0 spiro atoms. The molecule has 2 fully saturated rings. The molecule has 2 aliphatic heterocycles. The van der Waals surface area contributed by atoms with Gasteiger partial charge in [-0.1, -0.05) is 0 Å². The summed E-state index contributed by atoms with van der Waals surface area (Å²) in [7, 11) is 0. The maximum atomic E-state index is 13.1. The zero-order valence-corrected chi connectivity index (χ0v) is 21.3. The second-order valence-corrected chi connectivity index (χ2v) is 9.53. The molecule has 0 bridgehead atoms. The van der Waals surface area contributed by atoms with Crippen molar-refractivity contribution in [2.24, 2.45) is 0 Å². The summed E-state index contributed by atoms with van der Waals surface area (Å²) in [5.74, 6) is -0.123. The number of hydrogen-bond acceptors (Lipinski definition) is 5. The summed E-state index contributed by atoms with van der Waals surface area (Å²) in [5.41, 5.74) is 6.65. The van der Waals surface area contributed by atoms with E-state index in [-0.39, 0.29) is 11.6 Å². The summed E-state index contributed by atoms with van der Waals surface area (Å²) in [5, 5.41) is 3.34. The second-order valence-electron chi connectivity index (χ2n) is 7.04. The van der Waals surface area contributed by atoms with Gasteiger partial charge in [0.05, 0.1) is 13.2 Å². The Kier molecular flexibility index (Phi) is 12.0. The number of hydrogen-bond donors (Lipinski definition) is 2. The highest BCUT2D eigenvalue weighted by molar-refractivity contribution is 14.1. The van der Waals surface area contributed by atoms with E-state index in [1.807, 2.05) is 28.7 Å². The van der Waals surface area contributed by atoms with E-state index in [9.17, 15) is 13.6 Å². The van der Waals surface area contributed by atoms with Gasteiger partial charge >= 0.3 is 0 Å². The van der Waals surface area contributed by atoms with Crippen LogP contribution in [0, 0.1) is 18.8 Å². The summed E-state index contributed by atoms with van der Waals surface area (Å²) in [6, 6.07) is 9.87. The number of nitrogens with one attached hydrogen (secondary N) is 1. The molecule has 0 atom stereocenters. The predicted molar refractivity (Wildman–Crippen MR) is 135 cm³/mol. The molecule has 31 heavy (non-hydrogen) atoms. The van der Waals surface area contributed by atoms with Gasteiger partial charge in [0.15, 0.2) is 0 Å². The fourth-order valence-corrected chi connectivity index (χ4v) is 4.18. The molecule has 9 heteroatoms. The Morgan fingerprint density at radius 1 is 0.839 bits per heavy atom. The van der Waals surface area contributed by atoms with Crippen LogP contribution < -0.4 is 11.1 Å². The minimum Gasteiger partial charge on any atom is -0.399 e. The number of benzene rings is 2. The van der Waals surface area contributed by atoms with Crippen molar-refractivity contribution >= 4 is 62.3 Å². The SMILES string of the molecule is Fc1cc(I)cc(NC2CCOCC2)c1.Nc1cc(F)cc(I)c1.O=C1CCOCC1. The third kappa shape index (κ3) is 11.4. The molecule has 2 saturated heterocycles. The summed E-state index contributed by atoms with van der Waals surface area (Å²) in [6.45, 7) is 2.87. The van der Waals surface area contributed by atoms with Crippen LogP contribution in [-0.2, 0) is 14.3 Å². The van der Waals surface area contributed by atoms with Crippen molar-refractivity contribution in [3.8, 4) is 0 Å². The molecular formula is C22H26F2I2N2O3. The molecule has 0 aromatic heterocycles. The van der Waals surface area contributed by atoms with Crippen molar-refractivity contribution in [2.75, 3.05) is 37.5 Å². The lowest BCUT2D eigenvalue weighted by molar-refractivity contribution is -0.124. The fourth-order valence-electron chi connectivity index (χ4n) is 2.89. The second kappa shape index (κ2) is 14.2. The lowest BCUT2D eigenvalue weighted by Crippen LogP contribution is -2.27. The number of carbonyl (C=O) groups excluding carboxylic acids is 1. The van der Waals surface area contributed by atoms with Crippen LogP contribution in [-0.4, -0.2) is 38.3 Å². The van der Waals surface area contributed by atoms with E-state index in [0.29, 0.717) is 43.6 Å². The largest absolute Gasteiger partial charge is 0.399 e. The number of nitrogen functional groups attached to an aromatic ring is 1. The van der Waals surface area contributed by atoms with Gasteiger partial charge in [0.25, 0.3) is 0 Å². The fraction of sp³-hybridized carbons (Fsp3) is 0.409. The monoisotopic (exact) mass is 658 g/mol. The molecule has 0 unspecified atom stereocenters. The van der Waals surface area contributed by atoms with Crippen LogP contribution in [0.1, 0.15) is 25.7 Å². The van der Waals surface area contributed by atoms with Gasteiger partial charge < -0.3 is 20.5 Å². The van der Waals surface area contributed by atoms with Crippen molar-refractivity contribution in [3.63, 3.8) is 0 Å². The first kappa shape index (κ1) is 26.2. The molecule has 2 aliphatic rings. The summed E-state index contributed by atoms with van der Waals surface area (Å²) in [4.78, 5) is 10.4. The molecule has 0 saturated carbocycles. The van der Waals surface area contributed by atoms with Gasteiger partial charge in [-0.15, -0.1) is 0 Å². The molecule has 4 rings (SSSR count). The third-order valence-corrected chi connectivity index (χ3v) is 5.64. The molecule has 170 valence electrons. The van der Waals surface area contributed by atoms with E-state index in [0.717, 1.165) is 38.9 Å². The van der Waals surface area contributed by atoms with Crippen molar-refractivity contribution in [1.29, 1.82) is 0 Å². The molecule has 2 aromatic rings. The Morgan fingerprint density at radius 2 is 1.39 bits per heavy atom. The maximum Gasteiger partial charge on any atom is 0.137 e. The van der Waals surface area contributed by atoms with E-state index in [4.69, 9.17) is 15.2 Å². The number of carbonyl (C=O) groups is 1. The van der Waals surface area contributed by atoms with Crippen LogP contribution in [0.2, 0.25) is 0 Å². The van der Waals surface area contributed by atoms with Gasteiger partial charge in [-0.05, 0) is 94.4 Å². The Bertz CT molecular complexity index is 771. The van der Waals surface area contributed by atoms with Crippen LogP contribution in [0.5, 0.6) is 0 Å². The smallest absolute Gasteiger partial charge is 0.137 e. The van der Waals surface area contributed by atoms with E-state index >= 15 is 0 Å². The zero-order chi connectivity index (χ0) is 22.6. The van der Waals surface area contributed by atoms with Gasteiger partial charge in [-0.25, -0.2) is 8.78 Å². The van der Waals surface area contributed by atoms with Gasteiger partial charge in [-0.3, -0.25) is 4.79 Å². The van der Waals surface area contributed by atoms with Crippen molar-refractivity contribution in [1.82, 2.24) is 0 Å². The van der Waals surface area contributed by atoms with Crippen LogP contribution in [0.25, 0.3) is 0 Å². The summed E-state index contributed by atoms with van der Waals surface area (Å²) in [6.07, 6.45) is 3.24. The first-order chi connectivity index (χ1) is 14.8. The lowest BCUT2D eigenvalue weighted by atomic mass is 10.1. The van der Waals surface area contributed by atoms with E-state index < -0.39 is 0 Å². The minimum absolute atomic E-state index is 0.184. The maximum absolute atomic E-state index is 13.1. The number of halogens is 4. The predicted octanol–water partition coefficient (Wildman–Crippen LogP) is 5.40. The number of rotatable bonds is 2. The van der Waals surface area contributed by atoms with Crippen molar-refractivity contribution < 1.29 is 23.0 Å². The highest BCUT2D eigenvalue weighted by Crippen LogP contribution is 2.19. The van der Waals surface area contributed by atoms with Crippen LogP contribution in [0.4, 0.5) is 20.2 Å². The van der Waals surface area contributed by atoms with Crippen molar-refractivity contribution in [3.05, 3.63) is 55.2 Å². The van der Waals surface area contributed by atoms with Gasteiger partial charge in [-0.2, -0.15) is 0 Å². The zero-order valence-electron chi connectivity index (χ0n) is 17.0. The molecular weight excluding hydrogens is 632 g/mol. The minimum atomic E-state index is -0.278. The Morgan fingerprint density at radius 3 is 1.87 bits per heavy atom. The average molecular weight is 658 g/mol. The van der Waals surface area contributed by atoms with Crippen LogP contribution >= 0.6 is 45.2 Å². The highest BCUT2D eigenvalue weighted by Gasteiger charge is 2.13. The third-order valence-electron chi connectivity index (χ3n) is 4.39.